The van der Waals surface area contributed by atoms with E-state index in [0.29, 0.717) is 16.8 Å². The Kier molecular flexibility index (Phi) is 4.72. The molecule has 1 rings (SSSR count). The van der Waals surface area contributed by atoms with Crippen LogP contribution in [0.5, 0.6) is 0 Å². The SMILES string of the molecule is CCC(C)Sc1nccc(CN)c1Cl. The van der Waals surface area contributed by atoms with Gasteiger partial charge in [-0.05, 0) is 18.1 Å². The first-order valence-electron chi connectivity index (χ1n) is 4.69. The van der Waals surface area contributed by atoms with Crippen molar-refractivity contribution in [3.05, 3.63) is 22.8 Å². The van der Waals surface area contributed by atoms with Crippen LogP contribution in [0.25, 0.3) is 0 Å². The minimum absolute atomic E-state index is 0.468. The average Bonchev–Trinajstić information content (AvgIpc) is 2.21. The number of aromatic nitrogens is 1. The fourth-order valence-corrected chi connectivity index (χ4v) is 2.20. The zero-order valence-electron chi connectivity index (χ0n) is 8.46. The minimum atomic E-state index is 0.468. The van der Waals surface area contributed by atoms with Crippen molar-refractivity contribution in [3.8, 4) is 0 Å². The van der Waals surface area contributed by atoms with Gasteiger partial charge in [-0.1, -0.05) is 25.4 Å². The van der Waals surface area contributed by atoms with Crippen LogP contribution in [0.15, 0.2) is 17.3 Å². The number of rotatable bonds is 4. The van der Waals surface area contributed by atoms with Crippen LogP contribution in [0.4, 0.5) is 0 Å². The third-order valence-electron chi connectivity index (χ3n) is 2.04. The van der Waals surface area contributed by atoms with Gasteiger partial charge >= 0.3 is 0 Å². The molecule has 14 heavy (non-hydrogen) atoms. The normalized spacial score (nSPS) is 12.9. The molecule has 0 spiro atoms. The van der Waals surface area contributed by atoms with Gasteiger partial charge in [-0.15, -0.1) is 11.8 Å². The van der Waals surface area contributed by atoms with Crippen molar-refractivity contribution < 1.29 is 0 Å². The number of hydrogen-bond acceptors (Lipinski definition) is 3. The summed E-state index contributed by atoms with van der Waals surface area (Å²) in [6.07, 6.45) is 2.87. The number of nitrogens with two attached hydrogens (primary N) is 1. The van der Waals surface area contributed by atoms with Gasteiger partial charge in [-0.3, -0.25) is 0 Å². The molecule has 0 radical (unpaired) electrons. The topological polar surface area (TPSA) is 38.9 Å². The fourth-order valence-electron chi connectivity index (χ4n) is 0.976. The van der Waals surface area contributed by atoms with Crippen molar-refractivity contribution in [2.75, 3.05) is 0 Å². The largest absolute Gasteiger partial charge is 0.326 e. The lowest BCUT2D eigenvalue weighted by Crippen LogP contribution is -2.00. The molecule has 2 N–H and O–H groups in total. The van der Waals surface area contributed by atoms with E-state index >= 15 is 0 Å². The quantitative estimate of drug-likeness (QED) is 0.808. The molecule has 0 saturated heterocycles. The van der Waals surface area contributed by atoms with Crippen LogP contribution in [-0.4, -0.2) is 10.2 Å². The summed E-state index contributed by atoms with van der Waals surface area (Å²) in [4.78, 5) is 4.25. The highest BCUT2D eigenvalue weighted by Gasteiger charge is 2.09. The lowest BCUT2D eigenvalue weighted by molar-refractivity contribution is 0.899. The average molecular weight is 231 g/mol. The second-order valence-corrected chi connectivity index (χ2v) is 4.94. The molecule has 0 bridgehead atoms. The van der Waals surface area contributed by atoms with Crippen LogP contribution in [0.1, 0.15) is 25.8 Å². The monoisotopic (exact) mass is 230 g/mol. The summed E-state index contributed by atoms with van der Waals surface area (Å²) >= 11 is 7.85. The predicted molar refractivity (Wildman–Crippen MR) is 62.7 cm³/mol. The molecule has 0 saturated carbocycles. The van der Waals surface area contributed by atoms with E-state index in [2.05, 4.69) is 18.8 Å². The summed E-state index contributed by atoms with van der Waals surface area (Å²) in [6.45, 7) is 4.78. The fraction of sp³-hybridized carbons (Fsp3) is 0.500. The first-order valence-corrected chi connectivity index (χ1v) is 5.94. The van der Waals surface area contributed by atoms with Crippen molar-refractivity contribution in [2.45, 2.75) is 37.1 Å². The Morgan fingerprint density at radius 3 is 2.93 bits per heavy atom. The van der Waals surface area contributed by atoms with Crippen molar-refractivity contribution in [3.63, 3.8) is 0 Å². The van der Waals surface area contributed by atoms with E-state index in [1.54, 1.807) is 18.0 Å². The molecule has 1 aromatic heterocycles. The maximum atomic E-state index is 6.15. The smallest absolute Gasteiger partial charge is 0.115 e. The molecule has 0 aliphatic heterocycles. The van der Waals surface area contributed by atoms with Crippen LogP contribution < -0.4 is 5.73 Å². The first-order chi connectivity index (χ1) is 6.69. The summed E-state index contributed by atoms with van der Waals surface area (Å²) in [5.41, 5.74) is 6.53. The minimum Gasteiger partial charge on any atom is -0.326 e. The molecule has 0 fully saturated rings. The summed E-state index contributed by atoms with van der Waals surface area (Å²) in [6, 6.07) is 1.86. The summed E-state index contributed by atoms with van der Waals surface area (Å²) in [5, 5.41) is 2.14. The van der Waals surface area contributed by atoms with E-state index in [1.165, 1.54) is 0 Å². The second-order valence-electron chi connectivity index (χ2n) is 3.13. The number of thioether (sulfide) groups is 1. The van der Waals surface area contributed by atoms with Gasteiger partial charge in [-0.2, -0.15) is 0 Å². The van der Waals surface area contributed by atoms with Crippen molar-refractivity contribution in [1.82, 2.24) is 4.98 Å². The van der Waals surface area contributed by atoms with Gasteiger partial charge in [0.25, 0.3) is 0 Å². The Balaban J connectivity index is 2.86. The number of pyridine rings is 1. The van der Waals surface area contributed by atoms with Gasteiger partial charge in [0.15, 0.2) is 0 Å². The van der Waals surface area contributed by atoms with E-state index in [9.17, 15) is 0 Å². The molecule has 0 amide bonds. The van der Waals surface area contributed by atoms with E-state index < -0.39 is 0 Å². The van der Waals surface area contributed by atoms with Gasteiger partial charge < -0.3 is 5.73 Å². The molecule has 78 valence electrons. The van der Waals surface area contributed by atoms with Crippen LogP contribution in [0.3, 0.4) is 0 Å². The third-order valence-corrected chi connectivity index (χ3v) is 3.85. The Morgan fingerprint density at radius 1 is 1.64 bits per heavy atom. The lowest BCUT2D eigenvalue weighted by Gasteiger charge is -2.10. The van der Waals surface area contributed by atoms with Gasteiger partial charge in [-0.25, -0.2) is 4.98 Å². The molecular weight excluding hydrogens is 216 g/mol. The highest BCUT2D eigenvalue weighted by molar-refractivity contribution is 7.99. The zero-order chi connectivity index (χ0) is 10.6. The molecule has 1 atom stereocenters. The number of halogens is 1. The zero-order valence-corrected chi connectivity index (χ0v) is 10.0. The van der Waals surface area contributed by atoms with Crippen molar-refractivity contribution >= 4 is 23.4 Å². The van der Waals surface area contributed by atoms with Crippen molar-refractivity contribution in [1.29, 1.82) is 0 Å². The van der Waals surface area contributed by atoms with Gasteiger partial charge in [0.1, 0.15) is 5.03 Å². The first kappa shape index (κ1) is 11.8. The summed E-state index contributed by atoms with van der Waals surface area (Å²) in [5.74, 6) is 0. The van der Waals surface area contributed by atoms with Gasteiger partial charge in [0, 0.05) is 18.0 Å². The molecule has 1 unspecified atom stereocenters. The van der Waals surface area contributed by atoms with Crippen molar-refractivity contribution in [2.24, 2.45) is 5.73 Å². The highest BCUT2D eigenvalue weighted by atomic mass is 35.5. The summed E-state index contributed by atoms with van der Waals surface area (Å²) < 4.78 is 0. The molecule has 1 heterocycles. The second kappa shape index (κ2) is 5.59. The Hall–Kier alpha value is -0.250. The summed E-state index contributed by atoms with van der Waals surface area (Å²) in [7, 11) is 0. The maximum Gasteiger partial charge on any atom is 0.115 e. The van der Waals surface area contributed by atoms with Crippen LogP contribution in [0, 0.1) is 0 Å². The maximum absolute atomic E-state index is 6.15. The Bertz CT molecular complexity index is 304. The Labute approximate surface area is 94.2 Å². The van der Waals surface area contributed by atoms with E-state index in [4.69, 9.17) is 17.3 Å². The number of nitrogens with zero attached hydrogens (tertiary/aromatic N) is 1. The lowest BCUT2D eigenvalue weighted by atomic mass is 10.3. The van der Waals surface area contributed by atoms with Gasteiger partial charge in [0.2, 0.25) is 0 Å². The molecule has 2 nitrogen and oxygen atoms in total. The van der Waals surface area contributed by atoms with Crippen LogP contribution in [-0.2, 0) is 6.54 Å². The number of hydrogen-bond donors (Lipinski definition) is 1. The predicted octanol–water partition coefficient (Wildman–Crippen LogP) is 3.08. The Morgan fingerprint density at radius 2 is 2.36 bits per heavy atom. The molecule has 1 aromatic rings. The van der Waals surface area contributed by atoms with E-state index in [1.807, 2.05) is 6.07 Å². The molecule has 0 aromatic carbocycles. The van der Waals surface area contributed by atoms with Gasteiger partial charge in [0.05, 0.1) is 5.02 Å². The molecule has 4 heteroatoms. The molecule has 0 aliphatic rings. The van der Waals surface area contributed by atoms with E-state index in [0.717, 1.165) is 17.0 Å². The molecule has 0 aliphatic carbocycles. The standard InChI is InChI=1S/C10H15ClN2S/c1-3-7(2)14-10-9(11)8(6-12)4-5-13-10/h4-5,7H,3,6,12H2,1-2H3. The van der Waals surface area contributed by atoms with Crippen LogP contribution >= 0.6 is 23.4 Å². The van der Waals surface area contributed by atoms with E-state index in [-0.39, 0.29) is 0 Å². The third kappa shape index (κ3) is 2.87. The van der Waals surface area contributed by atoms with Crippen LogP contribution in [0.2, 0.25) is 5.02 Å². The highest BCUT2D eigenvalue weighted by Crippen LogP contribution is 2.31. The molecular formula is C10H15ClN2S.